The van der Waals surface area contributed by atoms with Crippen LogP contribution in [0.15, 0.2) is 36.8 Å². The number of hydrogen-bond acceptors (Lipinski definition) is 7. The van der Waals surface area contributed by atoms with Gasteiger partial charge in [0.15, 0.2) is 5.75 Å². The Morgan fingerprint density at radius 2 is 2.04 bits per heavy atom. The lowest BCUT2D eigenvalue weighted by Crippen LogP contribution is -2.59. The highest BCUT2D eigenvalue weighted by atomic mass is 16.6. The zero-order chi connectivity index (χ0) is 18.5. The van der Waals surface area contributed by atoms with Gasteiger partial charge in [-0.1, -0.05) is 0 Å². The predicted octanol–water partition coefficient (Wildman–Crippen LogP) is 1.50. The number of amides is 1. The molecule has 3 heterocycles. The second-order valence-electron chi connectivity index (χ2n) is 6.37. The summed E-state index contributed by atoms with van der Waals surface area (Å²) in [4.78, 5) is 29.1. The van der Waals surface area contributed by atoms with E-state index in [9.17, 15) is 4.79 Å². The minimum absolute atomic E-state index is 0.0181. The van der Waals surface area contributed by atoms with E-state index < -0.39 is 0 Å². The van der Waals surface area contributed by atoms with E-state index in [2.05, 4.69) is 19.9 Å². The maximum Gasteiger partial charge on any atom is 0.415 e. The first-order valence-corrected chi connectivity index (χ1v) is 8.66. The molecular formula is C18H23N5O3. The summed E-state index contributed by atoms with van der Waals surface area (Å²) in [7, 11) is 0. The third kappa shape index (κ3) is 4.08. The summed E-state index contributed by atoms with van der Waals surface area (Å²) in [6, 6.07) is 5.20. The first-order valence-electron chi connectivity index (χ1n) is 8.66. The van der Waals surface area contributed by atoms with Crippen LogP contribution in [0.4, 0.5) is 10.6 Å². The number of carbonyl (C=O) groups is 1. The maximum absolute atomic E-state index is 12.6. The van der Waals surface area contributed by atoms with Crippen molar-refractivity contribution in [1.29, 1.82) is 0 Å². The number of aliphatic hydroxyl groups excluding tert-OH is 1. The second-order valence-corrected chi connectivity index (χ2v) is 6.37. The van der Waals surface area contributed by atoms with Crippen LogP contribution >= 0.6 is 0 Å². The van der Waals surface area contributed by atoms with E-state index in [1.807, 2.05) is 19.9 Å². The summed E-state index contributed by atoms with van der Waals surface area (Å²) in [6.45, 7) is 5.28. The molecule has 2 aromatic rings. The van der Waals surface area contributed by atoms with Crippen LogP contribution in [0.3, 0.4) is 0 Å². The van der Waals surface area contributed by atoms with Gasteiger partial charge in [-0.3, -0.25) is 9.88 Å². The summed E-state index contributed by atoms with van der Waals surface area (Å²) >= 11 is 0. The van der Waals surface area contributed by atoms with E-state index in [1.165, 1.54) is 6.20 Å². The molecule has 26 heavy (non-hydrogen) atoms. The topological polar surface area (TPSA) is 91.7 Å². The Labute approximate surface area is 152 Å². The lowest BCUT2D eigenvalue weighted by Gasteiger charge is -2.44. The number of hydrogen-bond donors (Lipinski definition) is 1. The largest absolute Gasteiger partial charge is 0.415 e. The lowest BCUT2D eigenvalue weighted by atomic mass is 10.1. The van der Waals surface area contributed by atoms with Gasteiger partial charge in [0, 0.05) is 31.9 Å². The van der Waals surface area contributed by atoms with Crippen molar-refractivity contribution in [2.45, 2.75) is 32.4 Å². The molecular weight excluding hydrogens is 334 g/mol. The third-order valence-corrected chi connectivity index (χ3v) is 4.32. The van der Waals surface area contributed by atoms with E-state index in [0.717, 1.165) is 5.82 Å². The molecule has 1 aliphatic rings. The van der Waals surface area contributed by atoms with Crippen molar-refractivity contribution < 1.29 is 14.6 Å². The van der Waals surface area contributed by atoms with E-state index >= 15 is 0 Å². The monoisotopic (exact) mass is 357 g/mol. The highest BCUT2D eigenvalue weighted by Gasteiger charge is 2.34. The van der Waals surface area contributed by atoms with Crippen LogP contribution in [-0.2, 0) is 6.42 Å². The fourth-order valence-electron chi connectivity index (χ4n) is 3.22. The molecule has 0 aliphatic carbocycles. The molecule has 1 fully saturated rings. The second kappa shape index (κ2) is 8.09. The van der Waals surface area contributed by atoms with Gasteiger partial charge in [-0.25, -0.2) is 14.8 Å². The number of carbonyl (C=O) groups excluding carboxylic acids is 1. The number of ether oxygens (including phenoxy) is 1. The molecule has 1 amide bonds. The summed E-state index contributed by atoms with van der Waals surface area (Å²) in [5, 5.41) is 9.07. The van der Waals surface area contributed by atoms with Crippen LogP contribution in [0.5, 0.6) is 5.75 Å². The number of nitrogens with zero attached hydrogens (tertiary/aromatic N) is 5. The molecule has 8 heteroatoms. The Hall–Kier alpha value is -2.74. The number of anilines is 1. The van der Waals surface area contributed by atoms with Crippen molar-refractivity contribution in [1.82, 2.24) is 19.9 Å². The van der Waals surface area contributed by atoms with Crippen molar-refractivity contribution in [3.05, 3.63) is 42.6 Å². The highest BCUT2D eigenvalue weighted by Crippen LogP contribution is 2.22. The summed E-state index contributed by atoms with van der Waals surface area (Å²) in [5.74, 6) is 1.86. The summed E-state index contributed by atoms with van der Waals surface area (Å²) in [5.41, 5.74) is 0. The zero-order valence-electron chi connectivity index (χ0n) is 14.9. The number of aromatic nitrogens is 3. The lowest BCUT2D eigenvalue weighted by molar-refractivity contribution is 0.104. The zero-order valence-corrected chi connectivity index (χ0v) is 14.9. The molecule has 0 saturated carbocycles. The van der Waals surface area contributed by atoms with Crippen LogP contribution in [0.2, 0.25) is 0 Å². The van der Waals surface area contributed by atoms with Gasteiger partial charge < -0.3 is 14.7 Å². The normalized spacial score (nSPS) is 20.1. The van der Waals surface area contributed by atoms with Gasteiger partial charge in [-0.2, -0.15) is 0 Å². The van der Waals surface area contributed by atoms with Crippen LogP contribution in [0.1, 0.15) is 19.7 Å². The van der Waals surface area contributed by atoms with Gasteiger partial charge in [-0.15, -0.1) is 0 Å². The van der Waals surface area contributed by atoms with Crippen molar-refractivity contribution in [2.75, 3.05) is 24.6 Å². The molecule has 0 bridgehead atoms. The van der Waals surface area contributed by atoms with Crippen LogP contribution in [0, 0.1) is 0 Å². The molecule has 8 nitrogen and oxygen atoms in total. The molecule has 1 aliphatic heterocycles. The predicted molar refractivity (Wildman–Crippen MR) is 96.1 cm³/mol. The number of rotatable bonds is 4. The number of pyridine rings is 1. The van der Waals surface area contributed by atoms with Crippen molar-refractivity contribution in [3.8, 4) is 5.75 Å². The first kappa shape index (κ1) is 18.1. The molecule has 0 spiro atoms. The fraction of sp³-hybridized carbons (Fsp3) is 0.444. The average Bonchev–Trinajstić information content (AvgIpc) is 2.62. The SMILES string of the molecule is C[C@@H]1CN(c2ccnc(CCO)n2)C[C@H](C)N1C(=O)Oc1cccnc1. The number of aliphatic hydroxyl groups is 1. The molecule has 3 rings (SSSR count). The van der Waals surface area contributed by atoms with Gasteiger partial charge in [0.1, 0.15) is 11.6 Å². The quantitative estimate of drug-likeness (QED) is 0.886. The Morgan fingerprint density at radius 3 is 2.69 bits per heavy atom. The van der Waals surface area contributed by atoms with E-state index in [1.54, 1.807) is 29.4 Å². The van der Waals surface area contributed by atoms with Crippen molar-refractivity contribution in [2.24, 2.45) is 0 Å². The summed E-state index contributed by atoms with van der Waals surface area (Å²) < 4.78 is 5.44. The van der Waals surface area contributed by atoms with Gasteiger partial charge >= 0.3 is 6.09 Å². The summed E-state index contributed by atoms with van der Waals surface area (Å²) in [6.07, 6.45) is 4.91. The van der Waals surface area contributed by atoms with Crippen LogP contribution in [-0.4, -0.2) is 62.8 Å². The van der Waals surface area contributed by atoms with Crippen molar-refractivity contribution >= 4 is 11.9 Å². The molecule has 1 N–H and O–H groups in total. The Kier molecular flexibility index (Phi) is 5.62. The Morgan fingerprint density at radius 1 is 1.27 bits per heavy atom. The highest BCUT2D eigenvalue weighted by molar-refractivity contribution is 5.72. The number of piperazine rings is 1. The standard InChI is InChI=1S/C18H23N5O3/c1-13-11-22(17-5-8-20-16(21-17)6-9-24)12-14(2)23(13)18(25)26-15-4-3-7-19-10-15/h3-5,7-8,10,13-14,24H,6,9,11-12H2,1-2H3/t13-,14+. The average molecular weight is 357 g/mol. The van der Waals surface area contributed by atoms with Crippen molar-refractivity contribution in [3.63, 3.8) is 0 Å². The minimum Gasteiger partial charge on any atom is -0.409 e. The molecule has 2 aromatic heterocycles. The Balaban J connectivity index is 1.69. The van der Waals surface area contributed by atoms with Gasteiger partial charge in [0.25, 0.3) is 0 Å². The molecule has 138 valence electrons. The van der Waals surface area contributed by atoms with Gasteiger partial charge in [0.2, 0.25) is 0 Å². The Bertz CT molecular complexity index is 731. The fourth-order valence-corrected chi connectivity index (χ4v) is 3.22. The molecule has 0 aromatic carbocycles. The van der Waals surface area contributed by atoms with Crippen LogP contribution in [0.25, 0.3) is 0 Å². The van der Waals surface area contributed by atoms with Crippen LogP contribution < -0.4 is 9.64 Å². The van der Waals surface area contributed by atoms with E-state index in [-0.39, 0.29) is 24.8 Å². The molecule has 1 saturated heterocycles. The maximum atomic E-state index is 12.6. The minimum atomic E-state index is -0.374. The molecule has 0 radical (unpaired) electrons. The van der Waals surface area contributed by atoms with E-state index in [0.29, 0.717) is 31.1 Å². The van der Waals surface area contributed by atoms with Gasteiger partial charge in [0.05, 0.1) is 24.9 Å². The third-order valence-electron chi connectivity index (χ3n) is 4.32. The van der Waals surface area contributed by atoms with Gasteiger partial charge in [-0.05, 0) is 32.0 Å². The first-order chi connectivity index (χ1) is 12.6. The van der Waals surface area contributed by atoms with E-state index in [4.69, 9.17) is 9.84 Å². The molecule has 0 unspecified atom stereocenters. The smallest absolute Gasteiger partial charge is 0.409 e. The molecule has 2 atom stereocenters.